The molecule has 0 aromatic heterocycles. The number of carbonyl (C=O) groups excluding carboxylic acids is 2. The highest BCUT2D eigenvalue weighted by atomic mass is 16.5. The second kappa shape index (κ2) is 10.8. The Morgan fingerprint density at radius 3 is 2.16 bits per heavy atom. The molecule has 2 unspecified atom stereocenters. The van der Waals surface area contributed by atoms with Crippen molar-refractivity contribution in [2.75, 3.05) is 13.2 Å². The van der Waals surface area contributed by atoms with Crippen LogP contribution in [0.5, 0.6) is 0 Å². The van der Waals surface area contributed by atoms with Crippen molar-refractivity contribution in [1.82, 2.24) is 10.6 Å². The van der Waals surface area contributed by atoms with E-state index in [1.165, 1.54) is 0 Å². The Bertz CT molecular complexity index is 931. The number of carbonyl (C=O) groups is 3. The van der Waals surface area contributed by atoms with Crippen LogP contribution >= 0.6 is 0 Å². The van der Waals surface area contributed by atoms with E-state index in [1.54, 1.807) is 0 Å². The first-order valence-electron chi connectivity index (χ1n) is 10.7. The number of hydrogen-bond acceptors (Lipinski definition) is 5. The van der Waals surface area contributed by atoms with Crippen LogP contribution in [0.15, 0.2) is 48.5 Å². The number of fused-ring (bicyclic) bond motifs is 3. The number of nitrogens with one attached hydrogen (secondary N) is 2. The van der Waals surface area contributed by atoms with Crippen molar-refractivity contribution in [1.29, 1.82) is 0 Å². The third kappa shape index (κ3) is 5.85. The SMILES string of the molecule is CCC(CC(=O)NCC(O)CC(=O)O)NC(=O)OCC1c2ccccc2-c2ccccc21. The maximum Gasteiger partial charge on any atom is 0.407 e. The molecule has 8 nitrogen and oxygen atoms in total. The second-order valence-electron chi connectivity index (χ2n) is 7.83. The lowest BCUT2D eigenvalue weighted by Crippen LogP contribution is -2.41. The fourth-order valence-electron chi connectivity index (χ4n) is 3.91. The van der Waals surface area contributed by atoms with Gasteiger partial charge in [0.05, 0.1) is 12.5 Å². The number of aliphatic hydroxyl groups is 1. The molecule has 3 rings (SSSR count). The summed E-state index contributed by atoms with van der Waals surface area (Å²) in [5, 5.41) is 23.4. The molecule has 4 N–H and O–H groups in total. The summed E-state index contributed by atoms with van der Waals surface area (Å²) >= 11 is 0. The summed E-state index contributed by atoms with van der Waals surface area (Å²) in [4.78, 5) is 35.0. The molecule has 32 heavy (non-hydrogen) atoms. The fraction of sp³-hybridized carbons (Fsp3) is 0.375. The fourth-order valence-corrected chi connectivity index (χ4v) is 3.91. The van der Waals surface area contributed by atoms with E-state index in [9.17, 15) is 19.5 Å². The van der Waals surface area contributed by atoms with Crippen LogP contribution in [0.3, 0.4) is 0 Å². The largest absolute Gasteiger partial charge is 0.481 e. The van der Waals surface area contributed by atoms with Crippen LogP contribution < -0.4 is 10.6 Å². The van der Waals surface area contributed by atoms with Gasteiger partial charge >= 0.3 is 12.1 Å². The van der Waals surface area contributed by atoms with Crippen molar-refractivity contribution >= 4 is 18.0 Å². The first kappa shape index (κ1) is 23.3. The summed E-state index contributed by atoms with van der Waals surface area (Å²) < 4.78 is 5.51. The maximum atomic E-state index is 12.4. The molecule has 8 heteroatoms. The van der Waals surface area contributed by atoms with Gasteiger partial charge in [-0.25, -0.2) is 4.79 Å². The van der Waals surface area contributed by atoms with Gasteiger partial charge in [0.2, 0.25) is 5.91 Å². The number of amides is 2. The topological polar surface area (TPSA) is 125 Å². The van der Waals surface area contributed by atoms with E-state index in [1.807, 2.05) is 43.3 Å². The zero-order valence-corrected chi connectivity index (χ0v) is 17.9. The van der Waals surface area contributed by atoms with E-state index in [0.29, 0.717) is 6.42 Å². The van der Waals surface area contributed by atoms with Crippen molar-refractivity contribution < 1.29 is 29.3 Å². The Balaban J connectivity index is 1.51. The van der Waals surface area contributed by atoms with Crippen LogP contribution in [0, 0.1) is 0 Å². The number of carboxylic acids is 1. The van der Waals surface area contributed by atoms with Crippen molar-refractivity contribution in [2.45, 2.75) is 44.2 Å². The molecule has 1 aliphatic rings. The number of ether oxygens (including phenoxy) is 1. The van der Waals surface area contributed by atoms with Gasteiger partial charge in [-0.1, -0.05) is 55.5 Å². The summed E-state index contributed by atoms with van der Waals surface area (Å²) in [5.41, 5.74) is 4.52. The highest BCUT2D eigenvalue weighted by molar-refractivity contribution is 5.79. The maximum absolute atomic E-state index is 12.4. The van der Waals surface area contributed by atoms with Gasteiger partial charge in [-0.2, -0.15) is 0 Å². The molecule has 0 fully saturated rings. The standard InChI is InChI=1S/C24H28N2O6/c1-2-15(11-22(28)25-13-16(27)12-23(29)30)26-24(31)32-14-21-19-9-5-3-7-17(19)18-8-4-6-10-20(18)21/h3-10,15-16,21,27H,2,11-14H2,1H3,(H,25,28)(H,26,31)(H,29,30). The van der Waals surface area contributed by atoms with Crippen LogP contribution in [-0.2, 0) is 14.3 Å². The molecule has 2 aromatic carbocycles. The monoisotopic (exact) mass is 440 g/mol. The van der Waals surface area contributed by atoms with Gasteiger partial charge in [0.1, 0.15) is 6.61 Å². The summed E-state index contributed by atoms with van der Waals surface area (Å²) in [5.74, 6) is -1.58. The van der Waals surface area contributed by atoms with Crippen LogP contribution in [0.4, 0.5) is 4.79 Å². The van der Waals surface area contributed by atoms with Crippen LogP contribution in [0.2, 0.25) is 0 Å². The predicted molar refractivity (Wildman–Crippen MR) is 118 cm³/mol. The van der Waals surface area contributed by atoms with Gasteiger partial charge < -0.3 is 25.6 Å². The van der Waals surface area contributed by atoms with Crippen LogP contribution in [0.25, 0.3) is 11.1 Å². The van der Waals surface area contributed by atoms with E-state index in [2.05, 4.69) is 22.8 Å². The third-order valence-electron chi connectivity index (χ3n) is 5.54. The molecule has 0 radical (unpaired) electrons. The Morgan fingerprint density at radius 2 is 1.59 bits per heavy atom. The van der Waals surface area contributed by atoms with E-state index in [4.69, 9.17) is 9.84 Å². The molecule has 2 atom stereocenters. The lowest BCUT2D eigenvalue weighted by molar-refractivity contribution is -0.139. The van der Waals surface area contributed by atoms with Crippen LogP contribution in [-0.4, -0.2) is 53.5 Å². The Hall–Kier alpha value is -3.39. The zero-order chi connectivity index (χ0) is 23.1. The molecule has 0 saturated heterocycles. The third-order valence-corrected chi connectivity index (χ3v) is 5.54. The minimum atomic E-state index is -1.16. The quantitative estimate of drug-likeness (QED) is 0.450. The average Bonchev–Trinajstić information content (AvgIpc) is 3.09. The molecule has 2 amide bonds. The van der Waals surface area contributed by atoms with Crippen molar-refractivity contribution in [2.24, 2.45) is 0 Å². The van der Waals surface area contributed by atoms with E-state index >= 15 is 0 Å². The summed E-state index contributed by atoms with van der Waals surface area (Å²) in [6.45, 7) is 1.86. The first-order valence-corrected chi connectivity index (χ1v) is 10.7. The van der Waals surface area contributed by atoms with E-state index < -0.39 is 30.6 Å². The summed E-state index contributed by atoms with van der Waals surface area (Å²) in [7, 11) is 0. The van der Waals surface area contributed by atoms with Gasteiger partial charge in [-0.15, -0.1) is 0 Å². The first-order chi connectivity index (χ1) is 15.4. The minimum absolute atomic E-state index is 0.000483. The summed E-state index contributed by atoms with van der Waals surface area (Å²) in [6.07, 6.45) is -1.70. The van der Waals surface area contributed by atoms with Crippen molar-refractivity contribution in [3.8, 4) is 11.1 Å². The van der Waals surface area contributed by atoms with E-state index in [-0.39, 0.29) is 31.4 Å². The van der Waals surface area contributed by atoms with Gasteiger partial charge in [0.25, 0.3) is 0 Å². The number of aliphatic hydroxyl groups excluding tert-OH is 1. The van der Waals surface area contributed by atoms with E-state index in [0.717, 1.165) is 22.3 Å². The molecule has 0 bridgehead atoms. The lowest BCUT2D eigenvalue weighted by atomic mass is 9.98. The number of alkyl carbamates (subject to hydrolysis) is 1. The zero-order valence-electron chi connectivity index (χ0n) is 17.9. The van der Waals surface area contributed by atoms with Crippen molar-refractivity contribution in [3.63, 3.8) is 0 Å². The molecule has 1 aliphatic carbocycles. The number of hydrogen-bond donors (Lipinski definition) is 4. The lowest BCUT2D eigenvalue weighted by Gasteiger charge is -2.19. The highest BCUT2D eigenvalue weighted by Gasteiger charge is 2.29. The number of carboxylic acid groups (broad SMARTS) is 1. The number of rotatable bonds is 10. The molecular formula is C24H28N2O6. The molecule has 170 valence electrons. The molecule has 2 aromatic rings. The van der Waals surface area contributed by atoms with Gasteiger partial charge in [-0.05, 0) is 28.7 Å². The predicted octanol–water partition coefficient (Wildman–Crippen LogP) is 2.65. The molecule has 0 heterocycles. The smallest absolute Gasteiger partial charge is 0.407 e. The minimum Gasteiger partial charge on any atom is -0.481 e. The molecule has 0 spiro atoms. The second-order valence-corrected chi connectivity index (χ2v) is 7.83. The Kier molecular flexibility index (Phi) is 7.83. The van der Waals surface area contributed by atoms with Crippen molar-refractivity contribution in [3.05, 3.63) is 59.7 Å². The van der Waals surface area contributed by atoms with Gasteiger partial charge in [0, 0.05) is 24.9 Å². The Morgan fingerprint density at radius 1 is 1.00 bits per heavy atom. The van der Waals surface area contributed by atoms with Crippen LogP contribution in [0.1, 0.15) is 43.2 Å². The average molecular weight is 440 g/mol. The molecule has 0 aliphatic heterocycles. The highest BCUT2D eigenvalue weighted by Crippen LogP contribution is 2.44. The molecule has 0 saturated carbocycles. The molecular weight excluding hydrogens is 412 g/mol. The summed E-state index contributed by atoms with van der Waals surface area (Å²) in [6, 6.07) is 15.7. The number of benzene rings is 2. The Labute approximate surface area is 186 Å². The van der Waals surface area contributed by atoms with Gasteiger partial charge in [0.15, 0.2) is 0 Å². The normalized spacial score (nSPS) is 14.1. The van der Waals surface area contributed by atoms with Gasteiger partial charge in [-0.3, -0.25) is 9.59 Å². The number of aliphatic carboxylic acids is 1.